The van der Waals surface area contributed by atoms with Crippen molar-refractivity contribution in [1.29, 1.82) is 5.26 Å². The van der Waals surface area contributed by atoms with Gasteiger partial charge in [-0.15, -0.1) is 16.4 Å². The summed E-state index contributed by atoms with van der Waals surface area (Å²) in [5, 5.41) is 15.2. The number of benzene rings is 2. The summed E-state index contributed by atoms with van der Waals surface area (Å²) in [5.41, 5.74) is 5.47. The number of hydrogen-bond acceptors (Lipinski definition) is 12. The molecule has 4 fully saturated rings. The van der Waals surface area contributed by atoms with Gasteiger partial charge in [0.2, 0.25) is 0 Å². The van der Waals surface area contributed by atoms with Crippen molar-refractivity contribution in [3.05, 3.63) is 52.1 Å². The van der Waals surface area contributed by atoms with E-state index in [0.717, 1.165) is 50.1 Å². The van der Waals surface area contributed by atoms with Crippen molar-refractivity contribution in [1.82, 2.24) is 34.5 Å². The van der Waals surface area contributed by atoms with Crippen LogP contribution in [-0.2, 0) is 4.74 Å². The first-order valence-electron chi connectivity index (χ1n) is 19.0. The number of carbonyl (C=O) groups excluding carboxylic acids is 1. The minimum atomic E-state index is -0.765. The fraction of sp³-hybridized carbons (Fsp3) is 0.487. The Morgan fingerprint density at radius 2 is 1.93 bits per heavy atom. The summed E-state index contributed by atoms with van der Waals surface area (Å²) < 4.78 is 46.4. The number of nitrogens with zero attached hydrogens (tertiary/aromatic N) is 9. The van der Waals surface area contributed by atoms with E-state index in [9.17, 15) is 10.1 Å². The molecule has 17 heteroatoms. The molecule has 3 aromatic heterocycles. The average molecular weight is 803 g/mol. The number of nitriles is 1. The standard InChI is InChI=1S/C39H41ClF2N10O3S/c1-21(2)34-45-22(3)52(48-34)37(53)51-14-15-54-19-39(51)10-13-49(18-39)35-24-16-26(40)29(23-6-7-27(41)32-28(23)25(17-43)33(44)56-32)30(42)31(24)46-36(47-35)55-20-38-8-4-11-50(38)12-5-9-38/h6-7,16,21H,4-5,8-15,18-20,44H2,1-3H3. The molecule has 56 heavy (non-hydrogen) atoms. The summed E-state index contributed by atoms with van der Waals surface area (Å²) >= 11 is 7.91. The molecular formula is C39H41ClF2N10O3S. The number of anilines is 2. The van der Waals surface area contributed by atoms with E-state index in [0.29, 0.717) is 62.1 Å². The highest BCUT2D eigenvalue weighted by Crippen LogP contribution is 2.47. The number of carbonyl (C=O) groups is 1. The number of fused-ring (bicyclic) bond motifs is 3. The highest BCUT2D eigenvalue weighted by Gasteiger charge is 2.49. The van der Waals surface area contributed by atoms with E-state index in [1.165, 1.54) is 16.8 Å². The Bertz CT molecular complexity index is 2460. The Morgan fingerprint density at radius 1 is 1.14 bits per heavy atom. The number of ether oxygens (including phenoxy) is 2. The number of halogens is 3. The first-order valence-corrected chi connectivity index (χ1v) is 20.2. The normalized spacial score (nSPS) is 20.9. The molecule has 2 N–H and O–H groups in total. The van der Waals surface area contributed by atoms with Crippen LogP contribution in [0.25, 0.3) is 32.1 Å². The first-order chi connectivity index (χ1) is 26.9. The lowest BCUT2D eigenvalue weighted by Crippen LogP contribution is -2.61. The molecule has 5 aromatic rings. The molecule has 292 valence electrons. The third-order valence-electron chi connectivity index (χ3n) is 12.1. The SMILES string of the molecule is Cc1nc(C(C)C)nn1C(=O)N1CCOCC12CCN(c1nc(OCC34CCCN3CCC4)nc3c(F)c(-c4ccc(F)c5sc(N)c(C#N)c45)c(Cl)cc13)C2. The Kier molecular flexibility index (Phi) is 9.07. The number of morpholine rings is 1. The molecule has 13 nitrogen and oxygen atoms in total. The third kappa shape index (κ3) is 5.76. The van der Waals surface area contributed by atoms with Gasteiger partial charge in [0.1, 0.15) is 40.7 Å². The molecule has 1 atom stereocenters. The van der Waals surface area contributed by atoms with Crippen molar-refractivity contribution in [2.45, 2.75) is 69.9 Å². The molecule has 0 saturated carbocycles. The zero-order valence-electron chi connectivity index (χ0n) is 31.4. The van der Waals surface area contributed by atoms with Gasteiger partial charge in [-0.3, -0.25) is 4.90 Å². The van der Waals surface area contributed by atoms with Crippen LogP contribution in [0.3, 0.4) is 0 Å². The number of aromatic nitrogens is 5. The number of amides is 1. The molecule has 4 saturated heterocycles. The summed E-state index contributed by atoms with van der Waals surface area (Å²) in [6, 6.07) is 6.03. The van der Waals surface area contributed by atoms with Crippen molar-refractivity contribution >= 4 is 60.8 Å². The lowest BCUT2D eigenvalue weighted by molar-refractivity contribution is -0.0355. The Balaban J connectivity index is 1.15. The summed E-state index contributed by atoms with van der Waals surface area (Å²) in [6.45, 7) is 9.90. The summed E-state index contributed by atoms with van der Waals surface area (Å²) in [5.74, 6) is 0.212. The molecule has 4 aliphatic rings. The van der Waals surface area contributed by atoms with Crippen LogP contribution in [0.2, 0.25) is 5.02 Å². The highest BCUT2D eigenvalue weighted by atomic mass is 35.5. The zero-order valence-corrected chi connectivity index (χ0v) is 32.9. The van der Waals surface area contributed by atoms with E-state index in [1.807, 2.05) is 23.6 Å². The molecule has 7 heterocycles. The second-order valence-corrected chi connectivity index (χ2v) is 17.2. The van der Waals surface area contributed by atoms with Gasteiger partial charge in [0.05, 0.1) is 39.6 Å². The fourth-order valence-corrected chi connectivity index (χ4v) is 10.5. The van der Waals surface area contributed by atoms with Gasteiger partial charge in [0, 0.05) is 41.9 Å². The Morgan fingerprint density at radius 3 is 2.66 bits per heavy atom. The number of thiophene rings is 1. The van der Waals surface area contributed by atoms with E-state index in [-0.39, 0.29) is 72.4 Å². The predicted molar refractivity (Wildman–Crippen MR) is 209 cm³/mol. The Hall–Kier alpha value is -4.69. The van der Waals surface area contributed by atoms with Gasteiger partial charge in [-0.05, 0) is 69.8 Å². The molecular weight excluding hydrogens is 762 g/mol. The molecule has 1 amide bonds. The van der Waals surface area contributed by atoms with Crippen LogP contribution in [0.1, 0.15) is 69.1 Å². The van der Waals surface area contributed by atoms with Gasteiger partial charge in [0.25, 0.3) is 0 Å². The third-order valence-corrected chi connectivity index (χ3v) is 13.4. The topological polar surface area (TPSA) is 152 Å². The minimum Gasteiger partial charge on any atom is -0.461 e. The second kappa shape index (κ2) is 13.8. The van der Waals surface area contributed by atoms with Crippen LogP contribution in [0.15, 0.2) is 18.2 Å². The summed E-state index contributed by atoms with van der Waals surface area (Å²) in [7, 11) is 0. The number of nitrogens with two attached hydrogens (primary N) is 1. The van der Waals surface area contributed by atoms with Crippen molar-refractivity contribution in [2.24, 2.45) is 0 Å². The smallest absolute Gasteiger partial charge is 0.347 e. The van der Waals surface area contributed by atoms with E-state index in [1.54, 1.807) is 13.0 Å². The second-order valence-electron chi connectivity index (χ2n) is 15.7. The van der Waals surface area contributed by atoms with Crippen LogP contribution in [0, 0.1) is 29.9 Å². The van der Waals surface area contributed by atoms with E-state index >= 15 is 8.78 Å². The van der Waals surface area contributed by atoms with E-state index in [4.69, 9.17) is 31.8 Å². The Labute approximate surface area is 330 Å². The van der Waals surface area contributed by atoms with Crippen LogP contribution >= 0.6 is 22.9 Å². The maximum atomic E-state index is 17.3. The van der Waals surface area contributed by atoms with Crippen molar-refractivity contribution < 1.29 is 23.0 Å². The van der Waals surface area contributed by atoms with E-state index < -0.39 is 17.2 Å². The van der Waals surface area contributed by atoms with Crippen LogP contribution < -0.4 is 15.4 Å². The highest BCUT2D eigenvalue weighted by molar-refractivity contribution is 7.23. The molecule has 0 aliphatic carbocycles. The summed E-state index contributed by atoms with van der Waals surface area (Å²) in [6.07, 6.45) is 4.69. The fourth-order valence-electron chi connectivity index (χ4n) is 9.24. The lowest BCUT2D eigenvalue weighted by atomic mass is 9.95. The van der Waals surface area contributed by atoms with E-state index in [2.05, 4.69) is 26.0 Å². The zero-order chi connectivity index (χ0) is 39.1. The van der Waals surface area contributed by atoms with Crippen molar-refractivity contribution in [3.63, 3.8) is 0 Å². The van der Waals surface area contributed by atoms with Crippen LogP contribution in [0.4, 0.5) is 24.4 Å². The summed E-state index contributed by atoms with van der Waals surface area (Å²) in [4.78, 5) is 34.6. The van der Waals surface area contributed by atoms with Crippen molar-refractivity contribution in [2.75, 3.05) is 63.2 Å². The number of hydrogen-bond donors (Lipinski definition) is 1. The van der Waals surface area contributed by atoms with Crippen molar-refractivity contribution in [3.8, 4) is 23.2 Å². The van der Waals surface area contributed by atoms with Gasteiger partial charge in [0.15, 0.2) is 11.6 Å². The monoisotopic (exact) mass is 802 g/mol. The van der Waals surface area contributed by atoms with Gasteiger partial charge in [-0.25, -0.2) is 18.6 Å². The number of aryl methyl sites for hydroxylation is 1. The molecule has 1 spiro atoms. The maximum absolute atomic E-state index is 17.3. The quantitative estimate of drug-likeness (QED) is 0.191. The van der Waals surface area contributed by atoms with Gasteiger partial charge in [-0.2, -0.15) is 19.9 Å². The largest absolute Gasteiger partial charge is 0.461 e. The van der Waals surface area contributed by atoms with Crippen LogP contribution in [-0.4, -0.2) is 104 Å². The van der Waals surface area contributed by atoms with Crippen LogP contribution in [0.5, 0.6) is 6.01 Å². The molecule has 0 radical (unpaired) electrons. The molecule has 0 bridgehead atoms. The molecule has 9 rings (SSSR count). The van der Waals surface area contributed by atoms with Gasteiger partial charge < -0.3 is 25.0 Å². The maximum Gasteiger partial charge on any atom is 0.347 e. The molecule has 4 aliphatic heterocycles. The predicted octanol–water partition coefficient (Wildman–Crippen LogP) is 6.88. The minimum absolute atomic E-state index is 0.0165. The number of nitrogen functional groups attached to an aromatic ring is 1. The molecule has 1 unspecified atom stereocenters. The average Bonchev–Trinajstić information content (AvgIpc) is 4.00. The van der Waals surface area contributed by atoms with Gasteiger partial charge >= 0.3 is 12.0 Å². The first kappa shape index (κ1) is 36.9. The van der Waals surface area contributed by atoms with Gasteiger partial charge in [-0.1, -0.05) is 31.5 Å². The lowest BCUT2D eigenvalue weighted by Gasteiger charge is -2.44. The molecule has 2 aromatic carbocycles. The number of rotatable bonds is 6.